The normalized spacial score (nSPS) is 11.7. The Hall–Kier alpha value is -5.16. The number of hydrogen-bond donors (Lipinski definition) is 0. The number of rotatable bonds is 12. The van der Waals surface area contributed by atoms with Crippen LogP contribution < -0.4 is 4.74 Å². The van der Waals surface area contributed by atoms with Crippen LogP contribution in [0.3, 0.4) is 0 Å². The standard InChI is InChI=1S/C45H48N4O/c1-7-13-35-25-37(49-33(6)45(32(5)47-49)36-16-9-8-10-17-36)28-39(26-35)50-38-19-20-40-41-27-34(15-12-11-14-30(2)3)18-21-42(41)48(43(40)29-38)44-24-31(4)22-23-46-44/h8-10,16-30H,7,11-15H2,1-6H3. The maximum Gasteiger partial charge on any atom is 0.137 e. The van der Waals surface area contributed by atoms with Crippen LogP contribution in [-0.4, -0.2) is 19.3 Å². The maximum atomic E-state index is 6.74. The van der Waals surface area contributed by atoms with Gasteiger partial charge in [0.2, 0.25) is 0 Å². The molecule has 4 aromatic carbocycles. The largest absolute Gasteiger partial charge is 0.457 e. The Kier molecular flexibility index (Phi) is 9.58. The molecule has 0 fully saturated rings. The zero-order valence-corrected chi connectivity index (χ0v) is 30.3. The average Bonchev–Trinajstić information content (AvgIpc) is 3.59. The molecule has 5 heteroatoms. The van der Waals surface area contributed by atoms with Crippen LogP contribution in [0.2, 0.25) is 0 Å². The predicted octanol–water partition coefficient (Wildman–Crippen LogP) is 12.1. The summed E-state index contributed by atoms with van der Waals surface area (Å²) in [4.78, 5) is 4.82. The van der Waals surface area contributed by atoms with Gasteiger partial charge in [-0.3, -0.25) is 4.57 Å². The van der Waals surface area contributed by atoms with E-state index in [-0.39, 0.29) is 0 Å². The molecule has 0 bridgehead atoms. The molecule has 0 aliphatic rings. The monoisotopic (exact) mass is 660 g/mol. The fourth-order valence-corrected chi connectivity index (χ4v) is 7.35. The van der Waals surface area contributed by atoms with E-state index in [1.807, 2.05) is 12.3 Å². The summed E-state index contributed by atoms with van der Waals surface area (Å²) in [6.45, 7) is 13.2. The lowest BCUT2D eigenvalue weighted by atomic mass is 10.0. The number of hydrogen-bond acceptors (Lipinski definition) is 3. The smallest absolute Gasteiger partial charge is 0.137 e. The van der Waals surface area contributed by atoms with Crippen LogP contribution in [0.1, 0.15) is 74.5 Å². The molecule has 254 valence electrons. The van der Waals surface area contributed by atoms with Crippen molar-refractivity contribution >= 4 is 21.8 Å². The van der Waals surface area contributed by atoms with Crippen molar-refractivity contribution < 1.29 is 4.74 Å². The Labute approximate surface area is 296 Å². The molecule has 3 aromatic heterocycles. The zero-order chi connectivity index (χ0) is 34.8. The van der Waals surface area contributed by atoms with Crippen molar-refractivity contribution in [2.24, 2.45) is 5.92 Å². The summed E-state index contributed by atoms with van der Waals surface area (Å²) >= 11 is 0. The third-order valence-corrected chi connectivity index (χ3v) is 9.75. The van der Waals surface area contributed by atoms with E-state index in [9.17, 15) is 0 Å². The first-order valence-corrected chi connectivity index (χ1v) is 18.2. The molecule has 0 atom stereocenters. The third-order valence-electron chi connectivity index (χ3n) is 9.75. The van der Waals surface area contributed by atoms with Gasteiger partial charge in [-0.1, -0.05) is 76.4 Å². The van der Waals surface area contributed by atoms with Crippen LogP contribution in [0, 0.1) is 26.7 Å². The summed E-state index contributed by atoms with van der Waals surface area (Å²) in [5.41, 5.74) is 11.5. The predicted molar refractivity (Wildman–Crippen MR) is 208 cm³/mol. The second kappa shape index (κ2) is 14.4. The average molecular weight is 661 g/mol. The zero-order valence-electron chi connectivity index (χ0n) is 30.3. The minimum absolute atomic E-state index is 0.751. The molecule has 50 heavy (non-hydrogen) atoms. The number of aromatic nitrogens is 4. The van der Waals surface area contributed by atoms with E-state index in [1.54, 1.807) is 0 Å². The summed E-state index contributed by atoms with van der Waals surface area (Å²) in [7, 11) is 0. The van der Waals surface area contributed by atoms with Crippen molar-refractivity contribution in [3.63, 3.8) is 0 Å². The van der Waals surface area contributed by atoms with E-state index < -0.39 is 0 Å². The van der Waals surface area contributed by atoms with Crippen LogP contribution in [0.4, 0.5) is 0 Å². The summed E-state index contributed by atoms with van der Waals surface area (Å²) < 4.78 is 11.1. The molecule has 7 aromatic rings. The van der Waals surface area contributed by atoms with Crippen LogP contribution >= 0.6 is 0 Å². The Morgan fingerprint density at radius 2 is 1.56 bits per heavy atom. The second-order valence-electron chi connectivity index (χ2n) is 14.2. The van der Waals surface area contributed by atoms with Gasteiger partial charge in [0.05, 0.1) is 22.4 Å². The lowest BCUT2D eigenvalue weighted by Crippen LogP contribution is -2.01. The molecule has 0 aliphatic heterocycles. The Morgan fingerprint density at radius 3 is 2.34 bits per heavy atom. The molecular weight excluding hydrogens is 613 g/mol. The van der Waals surface area contributed by atoms with Gasteiger partial charge in [0.1, 0.15) is 17.3 Å². The third kappa shape index (κ3) is 6.82. The van der Waals surface area contributed by atoms with Gasteiger partial charge in [0, 0.05) is 40.4 Å². The molecule has 0 unspecified atom stereocenters. The van der Waals surface area contributed by atoms with Crippen molar-refractivity contribution in [3.05, 3.63) is 131 Å². The summed E-state index contributed by atoms with van der Waals surface area (Å²) in [5, 5.41) is 7.47. The van der Waals surface area contributed by atoms with Gasteiger partial charge in [-0.25, -0.2) is 9.67 Å². The van der Waals surface area contributed by atoms with Crippen molar-refractivity contribution in [2.45, 2.75) is 80.1 Å². The quantitative estimate of drug-likeness (QED) is 0.123. The highest BCUT2D eigenvalue weighted by Gasteiger charge is 2.18. The minimum Gasteiger partial charge on any atom is -0.457 e. The van der Waals surface area contributed by atoms with E-state index >= 15 is 0 Å². The van der Waals surface area contributed by atoms with Gasteiger partial charge in [0.25, 0.3) is 0 Å². The molecule has 0 aliphatic carbocycles. The van der Waals surface area contributed by atoms with E-state index in [0.29, 0.717) is 0 Å². The number of unbranched alkanes of at least 4 members (excludes halogenated alkanes) is 1. The van der Waals surface area contributed by atoms with E-state index in [2.05, 4.69) is 142 Å². The molecule has 0 saturated carbocycles. The molecular formula is C45H48N4O. The number of aryl methyl sites for hydroxylation is 4. The number of benzene rings is 4. The first-order chi connectivity index (χ1) is 24.3. The van der Waals surface area contributed by atoms with Crippen LogP contribution in [0.5, 0.6) is 11.5 Å². The van der Waals surface area contributed by atoms with E-state index in [4.69, 9.17) is 14.8 Å². The van der Waals surface area contributed by atoms with Crippen molar-refractivity contribution in [1.29, 1.82) is 0 Å². The van der Waals surface area contributed by atoms with E-state index in [0.717, 1.165) is 70.6 Å². The summed E-state index contributed by atoms with van der Waals surface area (Å²) in [5.74, 6) is 3.26. The Bertz CT molecular complexity index is 2270. The molecule has 0 spiro atoms. The minimum atomic E-state index is 0.751. The first-order valence-electron chi connectivity index (χ1n) is 18.2. The summed E-state index contributed by atoms with van der Waals surface area (Å²) in [6.07, 6.45) is 8.75. The molecule has 3 heterocycles. The number of nitrogens with zero attached hydrogens (tertiary/aromatic N) is 4. The lowest BCUT2D eigenvalue weighted by Gasteiger charge is -2.13. The Morgan fingerprint density at radius 1 is 0.720 bits per heavy atom. The molecule has 0 radical (unpaired) electrons. The van der Waals surface area contributed by atoms with Gasteiger partial charge < -0.3 is 4.74 Å². The van der Waals surface area contributed by atoms with Crippen LogP contribution in [-0.2, 0) is 12.8 Å². The maximum absolute atomic E-state index is 6.74. The highest BCUT2D eigenvalue weighted by atomic mass is 16.5. The van der Waals surface area contributed by atoms with E-state index in [1.165, 1.54) is 57.9 Å². The second-order valence-corrected chi connectivity index (χ2v) is 14.2. The topological polar surface area (TPSA) is 44.9 Å². The number of fused-ring (bicyclic) bond motifs is 3. The van der Waals surface area contributed by atoms with Crippen molar-refractivity contribution in [2.75, 3.05) is 0 Å². The number of ether oxygens (including phenoxy) is 1. The van der Waals surface area contributed by atoms with Crippen molar-refractivity contribution in [1.82, 2.24) is 19.3 Å². The molecule has 7 rings (SSSR count). The highest BCUT2D eigenvalue weighted by Crippen LogP contribution is 2.37. The highest BCUT2D eigenvalue weighted by molar-refractivity contribution is 6.09. The SMILES string of the molecule is CCCc1cc(Oc2ccc3c4cc(CCCCC(C)C)ccc4n(-c4cc(C)ccn4)c3c2)cc(-n2nc(C)c(-c3ccccc3)c2C)c1. The molecule has 5 nitrogen and oxygen atoms in total. The fraction of sp³-hybridized carbons (Fsp3) is 0.289. The molecule has 0 amide bonds. The summed E-state index contributed by atoms with van der Waals surface area (Å²) in [6, 6.07) is 34.7. The van der Waals surface area contributed by atoms with Crippen LogP contribution in [0.25, 0.3) is 44.4 Å². The van der Waals surface area contributed by atoms with Gasteiger partial charge in [-0.15, -0.1) is 0 Å². The molecule has 0 saturated heterocycles. The van der Waals surface area contributed by atoms with Gasteiger partial charge >= 0.3 is 0 Å². The van der Waals surface area contributed by atoms with Gasteiger partial charge in [-0.05, 0) is 117 Å². The first kappa shape index (κ1) is 33.3. The van der Waals surface area contributed by atoms with Crippen molar-refractivity contribution in [3.8, 4) is 34.1 Å². The Balaban J connectivity index is 1.29. The van der Waals surface area contributed by atoms with Gasteiger partial charge in [-0.2, -0.15) is 5.10 Å². The molecule has 0 N–H and O–H groups in total. The number of pyridine rings is 1. The van der Waals surface area contributed by atoms with Crippen LogP contribution in [0.15, 0.2) is 103 Å². The lowest BCUT2D eigenvalue weighted by molar-refractivity contribution is 0.482. The van der Waals surface area contributed by atoms with Gasteiger partial charge in [0.15, 0.2) is 0 Å². The fourth-order valence-electron chi connectivity index (χ4n) is 7.35.